The maximum Gasteiger partial charge on any atom is 0.161 e. The Balaban J connectivity index is 1.13. The lowest BCUT2D eigenvalue weighted by molar-refractivity contribution is 1.24. The fourth-order valence-electron chi connectivity index (χ4n) is 6.50. The number of hydrogen-bond acceptors (Lipinski definition) is 3. The zero-order chi connectivity index (χ0) is 31.2. The second-order valence-electron chi connectivity index (χ2n) is 11.8. The molecule has 9 rings (SSSR count). The third-order valence-corrected chi connectivity index (χ3v) is 9.94. The van der Waals surface area contributed by atoms with Gasteiger partial charge in [-0.25, -0.2) is 9.97 Å². The van der Waals surface area contributed by atoms with Crippen molar-refractivity contribution in [2.24, 2.45) is 0 Å². The van der Waals surface area contributed by atoms with Gasteiger partial charge in [-0.15, -0.1) is 11.3 Å². The van der Waals surface area contributed by atoms with Gasteiger partial charge < -0.3 is 0 Å². The van der Waals surface area contributed by atoms with Gasteiger partial charge in [0.1, 0.15) is 4.83 Å². The van der Waals surface area contributed by atoms with E-state index in [2.05, 4.69) is 170 Å². The van der Waals surface area contributed by atoms with E-state index >= 15 is 0 Å². The molecule has 0 radical (unpaired) electrons. The molecule has 0 fully saturated rings. The van der Waals surface area contributed by atoms with Gasteiger partial charge in [0.15, 0.2) is 5.82 Å². The molecule has 9 aromatic rings. The summed E-state index contributed by atoms with van der Waals surface area (Å²) in [5.41, 5.74) is 10.2. The normalized spacial score (nSPS) is 11.4. The Labute approximate surface area is 277 Å². The second kappa shape index (κ2) is 11.5. The van der Waals surface area contributed by atoms with E-state index in [4.69, 9.17) is 9.97 Å². The molecule has 3 heteroatoms. The number of rotatable bonds is 5. The van der Waals surface area contributed by atoms with E-state index < -0.39 is 0 Å². The van der Waals surface area contributed by atoms with Crippen LogP contribution in [0.25, 0.3) is 87.1 Å². The van der Waals surface area contributed by atoms with Gasteiger partial charge in [-0.1, -0.05) is 146 Å². The third kappa shape index (κ3) is 5.07. The van der Waals surface area contributed by atoms with Gasteiger partial charge in [0.2, 0.25) is 0 Å². The molecule has 0 amide bonds. The monoisotopic (exact) mass is 616 g/mol. The summed E-state index contributed by atoms with van der Waals surface area (Å²) in [5.74, 6) is 0.738. The van der Waals surface area contributed by atoms with Gasteiger partial charge in [0.25, 0.3) is 0 Å². The molecule has 220 valence electrons. The highest BCUT2D eigenvalue weighted by Gasteiger charge is 2.18. The van der Waals surface area contributed by atoms with E-state index in [0.717, 1.165) is 44.0 Å². The van der Waals surface area contributed by atoms with Crippen molar-refractivity contribution in [3.63, 3.8) is 0 Å². The average Bonchev–Trinajstić information content (AvgIpc) is 3.51. The molecule has 0 aliphatic heterocycles. The van der Waals surface area contributed by atoms with Crippen molar-refractivity contribution in [2.45, 2.75) is 0 Å². The molecule has 0 saturated heterocycles. The van der Waals surface area contributed by atoms with Crippen molar-refractivity contribution in [2.75, 3.05) is 0 Å². The third-order valence-electron chi connectivity index (χ3n) is 8.89. The largest absolute Gasteiger partial charge is 0.227 e. The Hall–Kier alpha value is -5.90. The lowest BCUT2D eigenvalue weighted by atomic mass is 9.96. The van der Waals surface area contributed by atoms with Gasteiger partial charge in [-0.2, -0.15) is 0 Å². The van der Waals surface area contributed by atoms with E-state index in [9.17, 15) is 0 Å². The van der Waals surface area contributed by atoms with Crippen LogP contribution in [-0.2, 0) is 0 Å². The van der Waals surface area contributed by atoms with Crippen LogP contribution in [0.2, 0.25) is 0 Å². The smallest absolute Gasteiger partial charge is 0.161 e. The summed E-state index contributed by atoms with van der Waals surface area (Å²) in [4.78, 5) is 11.5. The first-order valence-corrected chi connectivity index (χ1v) is 16.6. The first-order chi connectivity index (χ1) is 23.3. The van der Waals surface area contributed by atoms with Gasteiger partial charge in [0, 0.05) is 26.6 Å². The van der Waals surface area contributed by atoms with E-state index in [1.165, 1.54) is 43.1 Å². The maximum absolute atomic E-state index is 5.27. The standard InChI is InChI=1S/C44H28N2S/c1-3-11-29(12-4-1)30-21-23-31(24-22-30)33-17-9-18-34(25-33)35-19-10-20-38(26-35)43-45-42(32-13-5-2-6-14-32)41-39-27-36-15-7-8-16-37(36)28-40(39)47-44(41)46-43/h1-28H. The molecule has 0 aliphatic carbocycles. The molecule has 0 saturated carbocycles. The molecule has 2 aromatic heterocycles. The lowest BCUT2D eigenvalue weighted by Crippen LogP contribution is -1.94. The van der Waals surface area contributed by atoms with Gasteiger partial charge >= 0.3 is 0 Å². The predicted octanol–water partition coefficient (Wildman–Crippen LogP) is 12.3. The summed E-state index contributed by atoms with van der Waals surface area (Å²) in [7, 11) is 0. The van der Waals surface area contributed by atoms with Crippen LogP contribution in [-0.4, -0.2) is 9.97 Å². The highest BCUT2D eigenvalue weighted by molar-refractivity contribution is 7.25. The van der Waals surface area contributed by atoms with Crippen molar-refractivity contribution in [3.8, 4) is 56.0 Å². The topological polar surface area (TPSA) is 25.8 Å². The Morgan fingerprint density at radius 1 is 0.362 bits per heavy atom. The zero-order valence-corrected chi connectivity index (χ0v) is 26.3. The fraction of sp³-hybridized carbons (Fsp3) is 0. The van der Waals surface area contributed by atoms with Crippen LogP contribution in [0.3, 0.4) is 0 Å². The van der Waals surface area contributed by atoms with Crippen LogP contribution >= 0.6 is 11.3 Å². The molecule has 2 nitrogen and oxygen atoms in total. The predicted molar refractivity (Wildman–Crippen MR) is 200 cm³/mol. The molecule has 0 bridgehead atoms. The van der Waals surface area contributed by atoms with E-state index in [0.29, 0.717) is 0 Å². The Morgan fingerprint density at radius 2 is 0.851 bits per heavy atom. The van der Waals surface area contributed by atoms with Crippen molar-refractivity contribution >= 4 is 42.4 Å². The molecule has 0 aliphatic rings. The zero-order valence-electron chi connectivity index (χ0n) is 25.5. The highest BCUT2D eigenvalue weighted by atomic mass is 32.1. The Kier molecular flexibility index (Phi) is 6.69. The number of nitrogens with zero attached hydrogens (tertiary/aromatic N) is 2. The molecular weight excluding hydrogens is 589 g/mol. The molecule has 0 spiro atoms. The molecule has 0 unspecified atom stereocenters. The quantitative estimate of drug-likeness (QED) is 0.192. The lowest BCUT2D eigenvalue weighted by Gasteiger charge is -2.10. The summed E-state index contributed by atoms with van der Waals surface area (Å²) in [6, 6.07) is 60.3. The summed E-state index contributed by atoms with van der Waals surface area (Å²) < 4.78 is 1.23. The number of thiophene rings is 1. The number of benzene rings is 7. The first kappa shape index (κ1) is 27.4. The van der Waals surface area contributed by atoms with Crippen LogP contribution in [0, 0.1) is 0 Å². The van der Waals surface area contributed by atoms with Crippen molar-refractivity contribution in [1.29, 1.82) is 0 Å². The maximum atomic E-state index is 5.27. The Bertz CT molecular complexity index is 2550. The Morgan fingerprint density at radius 3 is 1.53 bits per heavy atom. The van der Waals surface area contributed by atoms with E-state index in [1.54, 1.807) is 11.3 Å². The molecule has 47 heavy (non-hydrogen) atoms. The minimum atomic E-state index is 0.738. The molecule has 2 heterocycles. The van der Waals surface area contributed by atoms with Crippen LogP contribution in [0.15, 0.2) is 170 Å². The van der Waals surface area contributed by atoms with Crippen LogP contribution in [0.5, 0.6) is 0 Å². The fourth-order valence-corrected chi connectivity index (χ4v) is 7.60. The first-order valence-electron chi connectivity index (χ1n) is 15.8. The molecular formula is C44H28N2S. The van der Waals surface area contributed by atoms with Crippen LogP contribution in [0.4, 0.5) is 0 Å². The summed E-state index contributed by atoms with van der Waals surface area (Å²) in [5, 5.41) is 4.79. The van der Waals surface area contributed by atoms with E-state index in [-0.39, 0.29) is 0 Å². The van der Waals surface area contributed by atoms with E-state index in [1.807, 2.05) is 0 Å². The van der Waals surface area contributed by atoms with Crippen LogP contribution in [0.1, 0.15) is 0 Å². The van der Waals surface area contributed by atoms with Crippen LogP contribution < -0.4 is 0 Å². The number of fused-ring (bicyclic) bond motifs is 4. The molecule has 0 N–H and O–H groups in total. The average molecular weight is 617 g/mol. The highest BCUT2D eigenvalue weighted by Crippen LogP contribution is 2.41. The second-order valence-corrected chi connectivity index (χ2v) is 12.9. The minimum Gasteiger partial charge on any atom is -0.227 e. The van der Waals surface area contributed by atoms with Gasteiger partial charge in [-0.3, -0.25) is 0 Å². The van der Waals surface area contributed by atoms with Gasteiger partial charge in [-0.05, 0) is 68.4 Å². The minimum absolute atomic E-state index is 0.738. The number of hydrogen-bond donors (Lipinski definition) is 0. The SMILES string of the molecule is c1ccc(-c2ccc(-c3cccc(-c4cccc(-c5nc(-c6ccccc6)c6c(n5)sc5cc7ccccc7cc56)c4)c3)cc2)cc1. The number of aromatic nitrogens is 2. The van der Waals surface area contributed by atoms with Gasteiger partial charge in [0.05, 0.1) is 5.69 Å². The molecule has 0 atom stereocenters. The van der Waals surface area contributed by atoms with Crippen molar-refractivity contribution in [1.82, 2.24) is 9.97 Å². The van der Waals surface area contributed by atoms with Crippen molar-refractivity contribution in [3.05, 3.63) is 170 Å². The molecule has 7 aromatic carbocycles. The summed E-state index contributed by atoms with van der Waals surface area (Å²) in [6.45, 7) is 0. The summed E-state index contributed by atoms with van der Waals surface area (Å²) in [6.07, 6.45) is 0. The summed E-state index contributed by atoms with van der Waals surface area (Å²) >= 11 is 1.74. The van der Waals surface area contributed by atoms with Crippen molar-refractivity contribution < 1.29 is 0 Å².